The summed E-state index contributed by atoms with van der Waals surface area (Å²) in [6.07, 6.45) is 61.0. The van der Waals surface area contributed by atoms with Gasteiger partial charge in [-0.25, -0.2) is 0 Å². The van der Waals surface area contributed by atoms with E-state index < -0.39 is 18.2 Å². The lowest BCUT2D eigenvalue weighted by Crippen LogP contribution is -2.46. The highest BCUT2D eigenvalue weighted by molar-refractivity contribution is 5.77. The van der Waals surface area contributed by atoms with E-state index in [2.05, 4.69) is 50.4 Å². The fourth-order valence-corrected chi connectivity index (χ4v) is 8.96. The Kier molecular flexibility index (Phi) is 51.0. The van der Waals surface area contributed by atoms with Crippen LogP contribution < -0.4 is 5.32 Å². The first-order valence-electron chi connectivity index (χ1n) is 28.6. The molecule has 0 rings (SSSR count). The van der Waals surface area contributed by atoms with Gasteiger partial charge in [0.15, 0.2) is 0 Å². The zero-order valence-corrected chi connectivity index (χ0v) is 43.2. The van der Waals surface area contributed by atoms with E-state index >= 15 is 0 Å². The molecule has 0 aliphatic rings. The molecule has 0 aromatic carbocycles. The van der Waals surface area contributed by atoms with E-state index in [1.54, 1.807) is 0 Å². The third-order valence-corrected chi connectivity index (χ3v) is 13.3. The largest absolute Gasteiger partial charge is 0.462 e. The van der Waals surface area contributed by atoms with Crippen LogP contribution in [-0.4, -0.2) is 46.9 Å². The highest BCUT2D eigenvalue weighted by Crippen LogP contribution is 2.18. The highest BCUT2D eigenvalue weighted by atomic mass is 16.5. The SMILES string of the molecule is CCCCCCCCC/C=C/C=C/CCCC(CC(=O)NC(CO)C(O)CCCCCCCCCCCCCCCCC)OC(=O)CCCCCCCCCCCCCCCCCC. The summed E-state index contributed by atoms with van der Waals surface area (Å²) < 4.78 is 5.93. The summed E-state index contributed by atoms with van der Waals surface area (Å²) in [7, 11) is 0. The minimum atomic E-state index is -0.796. The number of amides is 1. The molecule has 64 heavy (non-hydrogen) atoms. The van der Waals surface area contributed by atoms with Gasteiger partial charge in [0.25, 0.3) is 0 Å². The van der Waals surface area contributed by atoms with Crippen LogP contribution in [-0.2, 0) is 14.3 Å². The molecule has 3 unspecified atom stereocenters. The molecule has 0 heterocycles. The Labute approximate surface area is 399 Å². The van der Waals surface area contributed by atoms with Gasteiger partial charge in [-0.05, 0) is 44.9 Å². The maximum atomic E-state index is 13.2. The standard InChI is InChI=1S/C58H111NO5/c1-4-7-10-13-16-19-22-25-28-30-33-36-39-42-45-48-51-58(63)64-54(49-46-43-40-37-34-31-27-24-21-18-15-12-9-6-3)52-57(62)59-55(53-60)56(61)50-47-44-41-38-35-32-29-26-23-20-17-14-11-8-5-2/h31,34,37,40,54-56,60-61H,4-30,32-33,35-36,38-39,41-53H2,1-3H3,(H,59,62)/b34-31+,40-37+. The molecule has 0 bridgehead atoms. The Morgan fingerprint density at radius 1 is 0.453 bits per heavy atom. The average molecular weight is 903 g/mol. The van der Waals surface area contributed by atoms with Crippen LogP contribution >= 0.6 is 0 Å². The van der Waals surface area contributed by atoms with Crippen molar-refractivity contribution in [3.63, 3.8) is 0 Å². The molecule has 0 spiro atoms. The van der Waals surface area contributed by atoms with Crippen molar-refractivity contribution >= 4 is 11.9 Å². The van der Waals surface area contributed by atoms with Gasteiger partial charge in [-0.15, -0.1) is 0 Å². The van der Waals surface area contributed by atoms with Crippen LogP contribution in [0.1, 0.15) is 310 Å². The number of ether oxygens (including phenoxy) is 1. The number of hydrogen-bond donors (Lipinski definition) is 3. The Bertz CT molecular complexity index is 1010. The first-order chi connectivity index (χ1) is 31.5. The number of aliphatic hydroxyl groups excluding tert-OH is 2. The van der Waals surface area contributed by atoms with Gasteiger partial charge in [-0.2, -0.15) is 0 Å². The first-order valence-corrected chi connectivity index (χ1v) is 28.6. The molecule has 1 amide bonds. The van der Waals surface area contributed by atoms with Crippen LogP contribution in [0.15, 0.2) is 24.3 Å². The molecular weight excluding hydrogens is 791 g/mol. The summed E-state index contributed by atoms with van der Waals surface area (Å²) in [5.74, 6) is -0.502. The van der Waals surface area contributed by atoms with Gasteiger partial charge in [0.05, 0.1) is 25.2 Å². The van der Waals surface area contributed by atoms with Crippen molar-refractivity contribution in [2.45, 2.75) is 328 Å². The van der Waals surface area contributed by atoms with Crippen molar-refractivity contribution in [3.8, 4) is 0 Å². The number of hydrogen-bond acceptors (Lipinski definition) is 5. The molecular formula is C58H111NO5. The van der Waals surface area contributed by atoms with Gasteiger partial charge in [0.1, 0.15) is 6.10 Å². The van der Waals surface area contributed by atoms with Gasteiger partial charge in [-0.1, -0.05) is 276 Å². The molecule has 6 nitrogen and oxygen atoms in total. The molecule has 0 aromatic rings. The van der Waals surface area contributed by atoms with E-state index in [0.29, 0.717) is 19.3 Å². The van der Waals surface area contributed by atoms with Gasteiger partial charge >= 0.3 is 5.97 Å². The van der Waals surface area contributed by atoms with E-state index in [1.165, 1.54) is 205 Å². The van der Waals surface area contributed by atoms with Crippen LogP contribution in [0.5, 0.6) is 0 Å². The van der Waals surface area contributed by atoms with Gasteiger partial charge in [0, 0.05) is 6.42 Å². The smallest absolute Gasteiger partial charge is 0.306 e. The third-order valence-electron chi connectivity index (χ3n) is 13.3. The lowest BCUT2D eigenvalue weighted by atomic mass is 10.0. The number of unbranched alkanes of at least 4 members (excludes halogenated alkanes) is 37. The molecule has 0 saturated heterocycles. The fraction of sp³-hybridized carbons (Fsp3) is 0.897. The molecule has 0 aromatic heterocycles. The summed E-state index contributed by atoms with van der Waals surface area (Å²) in [6, 6.07) is -0.712. The summed E-state index contributed by atoms with van der Waals surface area (Å²) in [5.41, 5.74) is 0. The molecule has 0 radical (unpaired) electrons. The maximum absolute atomic E-state index is 13.2. The molecule has 0 aliphatic carbocycles. The Morgan fingerprint density at radius 3 is 1.19 bits per heavy atom. The van der Waals surface area contributed by atoms with Crippen molar-refractivity contribution in [1.82, 2.24) is 5.32 Å². The third kappa shape index (κ3) is 46.9. The minimum absolute atomic E-state index is 0.0505. The summed E-state index contributed by atoms with van der Waals surface area (Å²) in [6.45, 7) is 6.50. The first kappa shape index (κ1) is 62.3. The van der Waals surface area contributed by atoms with Crippen LogP contribution in [0.4, 0.5) is 0 Å². The Hall–Kier alpha value is -1.66. The zero-order chi connectivity index (χ0) is 46.7. The highest BCUT2D eigenvalue weighted by Gasteiger charge is 2.24. The number of allylic oxidation sites excluding steroid dienone is 4. The predicted octanol–water partition coefficient (Wildman–Crippen LogP) is 17.5. The van der Waals surface area contributed by atoms with E-state index in [4.69, 9.17) is 4.74 Å². The number of aliphatic hydroxyl groups is 2. The number of esters is 1. The topological polar surface area (TPSA) is 95.9 Å². The lowest BCUT2D eigenvalue weighted by Gasteiger charge is -2.24. The van der Waals surface area contributed by atoms with Crippen LogP contribution in [0.25, 0.3) is 0 Å². The molecule has 0 saturated carbocycles. The number of carbonyl (C=O) groups is 2. The monoisotopic (exact) mass is 902 g/mol. The number of rotatable bonds is 52. The average Bonchev–Trinajstić information content (AvgIpc) is 3.29. The van der Waals surface area contributed by atoms with Crippen molar-refractivity contribution in [3.05, 3.63) is 24.3 Å². The Morgan fingerprint density at radius 2 is 0.797 bits per heavy atom. The van der Waals surface area contributed by atoms with Crippen molar-refractivity contribution < 1.29 is 24.5 Å². The molecule has 3 atom stereocenters. The van der Waals surface area contributed by atoms with Gasteiger partial charge in [-0.3, -0.25) is 9.59 Å². The summed E-state index contributed by atoms with van der Waals surface area (Å²) in [4.78, 5) is 26.2. The van der Waals surface area contributed by atoms with E-state index in [9.17, 15) is 19.8 Å². The van der Waals surface area contributed by atoms with Gasteiger partial charge in [0.2, 0.25) is 5.91 Å². The van der Waals surface area contributed by atoms with E-state index in [1.807, 2.05) is 0 Å². The van der Waals surface area contributed by atoms with Crippen molar-refractivity contribution in [1.29, 1.82) is 0 Å². The van der Waals surface area contributed by atoms with E-state index in [0.717, 1.165) is 57.8 Å². The zero-order valence-electron chi connectivity index (χ0n) is 43.2. The van der Waals surface area contributed by atoms with Crippen molar-refractivity contribution in [2.75, 3.05) is 6.61 Å². The second-order valence-electron chi connectivity index (χ2n) is 19.7. The minimum Gasteiger partial charge on any atom is -0.462 e. The molecule has 3 N–H and O–H groups in total. The molecule has 0 fully saturated rings. The van der Waals surface area contributed by atoms with Crippen LogP contribution in [0.3, 0.4) is 0 Å². The lowest BCUT2D eigenvalue weighted by molar-refractivity contribution is -0.151. The number of nitrogens with one attached hydrogen (secondary N) is 1. The Balaban J connectivity index is 4.56. The fourth-order valence-electron chi connectivity index (χ4n) is 8.96. The predicted molar refractivity (Wildman–Crippen MR) is 278 cm³/mol. The number of carbonyl (C=O) groups excluding carboxylic acids is 2. The second kappa shape index (κ2) is 52.3. The summed E-state index contributed by atoms with van der Waals surface area (Å²) >= 11 is 0. The molecule has 378 valence electrons. The van der Waals surface area contributed by atoms with Crippen LogP contribution in [0.2, 0.25) is 0 Å². The van der Waals surface area contributed by atoms with Gasteiger partial charge < -0.3 is 20.3 Å². The van der Waals surface area contributed by atoms with Crippen molar-refractivity contribution in [2.24, 2.45) is 0 Å². The second-order valence-corrected chi connectivity index (χ2v) is 19.7. The molecule has 0 aliphatic heterocycles. The van der Waals surface area contributed by atoms with E-state index in [-0.39, 0.29) is 24.9 Å². The summed E-state index contributed by atoms with van der Waals surface area (Å²) in [5, 5.41) is 23.8. The quantitative estimate of drug-likeness (QED) is 0.0321. The normalized spacial score (nSPS) is 13.3. The maximum Gasteiger partial charge on any atom is 0.306 e. The molecule has 6 heteroatoms. The van der Waals surface area contributed by atoms with Crippen LogP contribution in [0, 0.1) is 0 Å².